The van der Waals surface area contributed by atoms with Crippen molar-refractivity contribution in [1.29, 1.82) is 0 Å². The molecule has 1 aromatic carbocycles. The first-order valence-corrected chi connectivity index (χ1v) is 7.70. The van der Waals surface area contributed by atoms with Crippen LogP contribution in [0.2, 0.25) is 0 Å². The number of methoxy groups -OCH3 is 1. The van der Waals surface area contributed by atoms with Gasteiger partial charge >= 0.3 is 0 Å². The van der Waals surface area contributed by atoms with Crippen LogP contribution in [0.15, 0.2) is 17.2 Å². The number of nitrogens with one attached hydrogen (secondary N) is 2. The number of benzene rings is 1. The quantitative estimate of drug-likeness (QED) is 0.348. The fourth-order valence-corrected chi connectivity index (χ4v) is 2.16. The van der Waals surface area contributed by atoms with Crippen LogP contribution in [0.3, 0.4) is 0 Å². The lowest BCUT2D eigenvalue weighted by Crippen LogP contribution is -2.32. The molecule has 2 N–H and O–H groups in total. The van der Waals surface area contributed by atoms with Gasteiger partial charge in [-0.2, -0.15) is 5.10 Å². The molecule has 0 spiro atoms. The summed E-state index contributed by atoms with van der Waals surface area (Å²) >= 11 is 5.14. The third kappa shape index (κ3) is 4.49. The molecule has 0 unspecified atom stereocenters. The molecule has 0 bridgehead atoms. The van der Waals surface area contributed by atoms with Gasteiger partial charge in [0.1, 0.15) is 0 Å². The predicted octanol–water partition coefficient (Wildman–Crippen LogP) is 2.41. The van der Waals surface area contributed by atoms with Crippen LogP contribution in [0.25, 0.3) is 0 Å². The van der Waals surface area contributed by atoms with Gasteiger partial charge in [-0.05, 0) is 30.8 Å². The van der Waals surface area contributed by atoms with Crippen LogP contribution >= 0.6 is 12.2 Å². The molecule has 22 heavy (non-hydrogen) atoms. The van der Waals surface area contributed by atoms with Gasteiger partial charge in [0.2, 0.25) is 12.5 Å². The van der Waals surface area contributed by atoms with Crippen LogP contribution in [-0.2, 0) is 0 Å². The van der Waals surface area contributed by atoms with Crippen molar-refractivity contribution in [2.75, 3.05) is 20.4 Å². The van der Waals surface area contributed by atoms with Gasteiger partial charge in [0, 0.05) is 12.1 Å². The minimum atomic E-state index is 0.205. The topological polar surface area (TPSA) is 64.1 Å². The van der Waals surface area contributed by atoms with Gasteiger partial charge < -0.3 is 19.5 Å². The van der Waals surface area contributed by atoms with Crippen molar-refractivity contribution in [1.82, 2.24) is 10.7 Å². The molecule has 1 heterocycles. The number of nitrogens with zero attached hydrogens (tertiary/aromatic N) is 1. The van der Waals surface area contributed by atoms with E-state index in [0.717, 1.165) is 18.5 Å². The normalized spacial score (nSPS) is 12.5. The molecule has 0 radical (unpaired) electrons. The highest BCUT2D eigenvalue weighted by molar-refractivity contribution is 7.80. The van der Waals surface area contributed by atoms with E-state index in [1.165, 1.54) is 12.8 Å². The number of hydrogen-bond acceptors (Lipinski definition) is 5. The maximum Gasteiger partial charge on any atom is 0.231 e. The highest BCUT2D eigenvalue weighted by Gasteiger charge is 2.19. The number of rotatable bonds is 7. The van der Waals surface area contributed by atoms with Crippen LogP contribution in [0.4, 0.5) is 0 Å². The zero-order valence-electron chi connectivity index (χ0n) is 12.8. The highest BCUT2D eigenvalue weighted by atomic mass is 32.1. The van der Waals surface area contributed by atoms with Gasteiger partial charge in [0.05, 0.1) is 13.3 Å². The Kier molecular flexibility index (Phi) is 6.27. The summed E-state index contributed by atoms with van der Waals surface area (Å²) in [4.78, 5) is 0. The smallest absolute Gasteiger partial charge is 0.231 e. The van der Waals surface area contributed by atoms with Gasteiger partial charge in [-0.15, -0.1) is 0 Å². The Bertz CT molecular complexity index is 549. The number of unbranched alkanes of at least 4 members (excludes halogenated alkanes) is 2. The van der Waals surface area contributed by atoms with E-state index in [9.17, 15) is 0 Å². The SMILES string of the molecule is CCCCCNC(=S)N/N=C\c1cc(OC)c2c(c1)OCO2. The van der Waals surface area contributed by atoms with Gasteiger partial charge in [0.25, 0.3) is 0 Å². The standard InChI is InChI=1S/C15H21N3O3S/c1-3-4-5-6-16-15(22)18-17-9-11-7-12(19-2)14-13(8-11)20-10-21-14/h7-9H,3-6,10H2,1-2H3,(H2,16,18,22)/b17-9-. The fourth-order valence-electron chi connectivity index (χ4n) is 2.01. The summed E-state index contributed by atoms with van der Waals surface area (Å²) in [7, 11) is 1.59. The number of thiocarbonyl (C=S) groups is 1. The van der Waals surface area contributed by atoms with Crippen molar-refractivity contribution in [3.8, 4) is 17.2 Å². The summed E-state index contributed by atoms with van der Waals surface area (Å²) in [5, 5.41) is 7.73. The van der Waals surface area contributed by atoms with Gasteiger partial charge in [0.15, 0.2) is 16.6 Å². The van der Waals surface area contributed by atoms with Crippen LogP contribution in [0.5, 0.6) is 17.2 Å². The van der Waals surface area contributed by atoms with E-state index in [0.29, 0.717) is 22.4 Å². The number of fused-ring (bicyclic) bond motifs is 1. The molecule has 0 aliphatic carbocycles. The second kappa shape index (κ2) is 8.43. The van der Waals surface area contributed by atoms with E-state index >= 15 is 0 Å². The first-order valence-electron chi connectivity index (χ1n) is 7.29. The van der Waals surface area contributed by atoms with Crippen LogP contribution in [0.1, 0.15) is 31.7 Å². The molecule has 0 amide bonds. The van der Waals surface area contributed by atoms with Crippen molar-refractivity contribution in [3.05, 3.63) is 17.7 Å². The van der Waals surface area contributed by atoms with Gasteiger partial charge in [-0.25, -0.2) is 0 Å². The van der Waals surface area contributed by atoms with Crippen LogP contribution in [0, 0.1) is 0 Å². The van der Waals surface area contributed by atoms with Gasteiger partial charge in [-0.3, -0.25) is 5.43 Å². The summed E-state index contributed by atoms with van der Waals surface area (Å²) in [6, 6.07) is 3.67. The maximum absolute atomic E-state index is 5.36. The molecule has 0 saturated carbocycles. The fraction of sp³-hybridized carbons (Fsp3) is 0.467. The zero-order chi connectivity index (χ0) is 15.8. The Hall–Kier alpha value is -2.02. The molecule has 0 atom stereocenters. The van der Waals surface area contributed by atoms with E-state index in [2.05, 4.69) is 22.8 Å². The average molecular weight is 323 g/mol. The van der Waals surface area contributed by atoms with Crippen LogP contribution in [-0.4, -0.2) is 31.8 Å². The summed E-state index contributed by atoms with van der Waals surface area (Å²) in [5.41, 5.74) is 3.63. The summed E-state index contributed by atoms with van der Waals surface area (Å²) in [6.45, 7) is 3.23. The Labute approximate surface area is 135 Å². The number of ether oxygens (including phenoxy) is 3. The lowest BCUT2D eigenvalue weighted by Gasteiger charge is -2.07. The number of hydrazone groups is 1. The molecule has 0 saturated heterocycles. The van der Waals surface area contributed by atoms with Crippen LogP contribution < -0.4 is 25.0 Å². The first-order chi connectivity index (χ1) is 10.7. The lowest BCUT2D eigenvalue weighted by molar-refractivity contribution is 0.171. The van der Waals surface area contributed by atoms with Crippen molar-refractivity contribution < 1.29 is 14.2 Å². The van der Waals surface area contributed by atoms with Crippen molar-refractivity contribution in [3.63, 3.8) is 0 Å². The number of hydrogen-bond donors (Lipinski definition) is 2. The molecular weight excluding hydrogens is 302 g/mol. The molecule has 1 aromatic rings. The summed E-state index contributed by atoms with van der Waals surface area (Å²) in [5.74, 6) is 1.90. The molecule has 2 rings (SSSR count). The van der Waals surface area contributed by atoms with Crippen molar-refractivity contribution >= 4 is 23.5 Å². The zero-order valence-corrected chi connectivity index (χ0v) is 13.7. The minimum Gasteiger partial charge on any atom is -0.493 e. The van der Waals surface area contributed by atoms with Crippen molar-refractivity contribution in [2.24, 2.45) is 5.10 Å². The molecule has 0 fully saturated rings. The second-order valence-corrected chi connectivity index (χ2v) is 5.20. The summed E-state index contributed by atoms with van der Waals surface area (Å²) < 4.78 is 16.0. The van der Waals surface area contributed by atoms with Gasteiger partial charge in [-0.1, -0.05) is 19.8 Å². The Morgan fingerprint density at radius 1 is 1.41 bits per heavy atom. The van der Waals surface area contributed by atoms with E-state index < -0.39 is 0 Å². The highest BCUT2D eigenvalue weighted by Crippen LogP contribution is 2.41. The third-order valence-corrected chi connectivity index (χ3v) is 3.36. The molecule has 7 heteroatoms. The summed E-state index contributed by atoms with van der Waals surface area (Å²) in [6.07, 6.45) is 5.13. The molecule has 1 aliphatic rings. The average Bonchev–Trinajstić information content (AvgIpc) is 2.99. The molecule has 1 aliphatic heterocycles. The molecule has 0 aromatic heterocycles. The molecular formula is C15H21N3O3S. The van der Waals surface area contributed by atoms with E-state index in [4.69, 9.17) is 26.4 Å². The first kappa shape index (κ1) is 16.4. The Balaban J connectivity index is 1.87. The van der Waals surface area contributed by atoms with E-state index in [-0.39, 0.29) is 6.79 Å². The predicted molar refractivity (Wildman–Crippen MR) is 90.0 cm³/mol. The third-order valence-electron chi connectivity index (χ3n) is 3.13. The molecule has 120 valence electrons. The monoisotopic (exact) mass is 323 g/mol. The maximum atomic E-state index is 5.36. The Morgan fingerprint density at radius 3 is 3.05 bits per heavy atom. The van der Waals surface area contributed by atoms with E-state index in [1.807, 2.05) is 12.1 Å². The minimum absolute atomic E-state index is 0.205. The largest absolute Gasteiger partial charge is 0.493 e. The molecule has 6 nitrogen and oxygen atoms in total. The van der Waals surface area contributed by atoms with E-state index in [1.54, 1.807) is 13.3 Å². The lowest BCUT2D eigenvalue weighted by atomic mass is 10.2. The van der Waals surface area contributed by atoms with Crippen molar-refractivity contribution in [2.45, 2.75) is 26.2 Å². The second-order valence-electron chi connectivity index (χ2n) is 4.79. The Morgan fingerprint density at radius 2 is 2.27 bits per heavy atom.